The van der Waals surface area contributed by atoms with E-state index in [2.05, 4.69) is 10.6 Å². The van der Waals surface area contributed by atoms with Gasteiger partial charge in [0.15, 0.2) is 0 Å². The zero-order valence-corrected chi connectivity index (χ0v) is 20.7. The van der Waals surface area contributed by atoms with E-state index in [0.717, 1.165) is 0 Å². The highest BCUT2D eigenvalue weighted by atomic mass is 35.5. The first kappa shape index (κ1) is 27.7. The van der Waals surface area contributed by atoms with Gasteiger partial charge in [-0.15, -0.1) is 23.2 Å². The molecule has 0 aromatic rings. The lowest BCUT2D eigenvalue weighted by Gasteiger charge is -2.35. The Morgan fingerprint density at radius 1 is 1.00 bits per heavy atom. The summed E-state index contributed by atoms with van der Waals surface area (Å²) in [6, 6.07) is -0.789. The minimum Gasteiger partial charge on any atom is -0.469 e. The van der Waals surface area contributed by atoms with Crippen molar-refractivity contribution >= 4 is 47.0 Å². The zero-order valence-electron chi connectivity index (χ0n) is 19.2. The maximum atomic E-state index is 12.6. The molecule has 4 N–H and O–H groups in total. The normalized spacial score (nSPS) is 30.6. The van der Waals surface area contributed by atoms with Gasteiger partial charge in [0.1, 0.15) is 0 Å². The second-order valence-corrected chi connectivity index (χ2v) is 10.2. The maximum absolute atomic E-state index is 12.6. The molecule has 0 aromatic carbocycles. The molecule has 0 radical (unpaired) electrons. The van der Waals surface area contributed by atoms with Gasteiger partial charge >= 0.3 is 11.9 Å². The summed E-state index contributed by atoms with van der Waals surface area (Å²) in [6.45, 7) is 1.70. The molecule has 0 saturated heterocycles. The lowest BCUT2D eigenvalue weighted by molar-refractivity contribution is -0.148. The fourth-order valence-electron chi connectivity index (χ4n) is 4.79. The summed E-state index contributed by atoms with van der Waals surface area (Å²) in [5.74, 6) is -2.56. The Morgan fingerprint density at radius 3 is 2.24 bits per heavy atom. The van der Waals surface area contributed by atoms with Gasteiger partial charge < -0.3 is 25.8 Å². The van der Waals surface area contributed by atoms with Gasteiger partial charge in [-0.2, -0.15) is 0 Å². The van der Waals surface area contributed by atoms with Gasteiger partial charge in [-0.3, -0.25) is 19.2 Å². The van der Waals surface area contributed by atoms with E-state index in [1.807, 2.05) is 0 Å². The van der Waals surface area contributed by atoms with Gasteiger partial charge in [-0.1, -0.05) is 0 Å². The fraction of sp³-hybridized carbons (Fsp3) is 0.818. The lowest BCUT2D eigenvalue weighted by Crippen LogP contribution is -2.49. The molecule has 0 aliphatic heterocycles. The number of nitrogens with two attached hydrogens (primary N) is 1. The predicted molar refractivity (Wildman–Crippen MR) is 124 cm³/mol. The molecule has 2 amide bonds. The molecule has 11 heteroatoms. The van der Waals surface area contributed by atoms with Gasteiger partial charge in [-0.25, -0.2) is 0 Å². The summed E-state index contributed by atoms with van der Waals surface area (Å²) in [4.78, 5) is 49.2. The van der Waals surface area contributed by atoms with Crippen LogP contribution in [0, 0.1) is 17.8 Å². The molecule has 33 heavy (non-hydrogen) atoms. The van der Waals surface area contributed by atoms with Crippen LogP contribution in [0.4, 0.5) is 0 Å². The lowest BCUT2D eigenvalue weighted by atomic mass is 9.78. The van der Waals surface area contributed by atoms with Crippen LogP contribution in [0.25, 0.3) is 0 Å². The van der Waals surface area contributed by atoms with Crippen LogP contribution in [0.3, 0.4) is 0 Å². The summed E-state index contributed by atoms with van der Waals surface area (Å²) in [5.41, 5.74) is 6.01. The van der Waals surface area contributed by atoms with Gasteiger partial charge in [0.05, 0.1) is 32.6 Å². The van der Waals surface area contributed by atoms with Crippen molar-refractivity contribution in [2.45, 2.75) is 74.7 Å². The molecule has 188 valence electrons. The molecule has 0 aromatic heterocycles. The zero-order chi connectivity index (χ0) is 24.5. The van der Waals surface area contributed by atoms with E-state index in [4.69, 9.17) is 38.4 Å². The molecule has 2 fully saturated rings. The van der Waals surface area contributed by atoms with Crippen molar-refractivity contribution in [1.29, 1.82) is 0 Å². The van der Waals surface area contributed by atoms with Crippen molar-refractivity contribution in [1.82, 2.24) is 10.6 Å². The Bertz CT molecular complexity index is 700. The topological polar surface area (TPSA) is 137 Å². The third-order valence-corrected chi connectivity index (χ3v) is 7.02. The Hall–Kier alpha value is -1.58. The minimum atomic E-state index is -0.497. The molecule has 2 rings (SSSR count). The van der Waals surface area contributed by atoms with E-state index < -0.39 is 29.8 Å². The SMILES string of the molecule is CCOC(=O)CC(NC(=O)CNC(=O)C1CC(N)CC(C(=O)OC)C1)C1CC(Cl)CC(Cl)C1. The highest BCUT2D eigenvalue weighted by molar-refractivity contribution is 6.23. The number of amides is 2. The van der Waals surface area contributed by atoms with E-state index in [1.54, 1.807) is 6.92 Å². The van der Waals surface area contributed by atoms with Crippen molar-refractivity contribution in [3.05, 3.63) is 0 Å². The van der Waals surface area contributed by atoms with Crippen LogP contribution < -0.4 is 16.4 Å². The van der Waals surface area contributed by atoms with Crippen LogP contribution in [0.5, 0.6) is 0 Å². The van der Waals surface area contributed by atoms with Crippen molar-refractivity contribution in [3.63, 3.8) is 0 Å². The van der Waals surface area contributed by atoms with Crippen LogP contribution in [0.1, 0.15) is 51.9 Å². The number of ether oxygens (including phenoxy) is 2. The Balaban J connectivity index is 1.93. The average molecular weight is 508 g/mol. The van der Waals surface area contributed by atoms with E-state index in [9.17, 15) is 19.2 Å². The van der Waals surface area contributed by atoms with Gasteiger partial charge in [-0.05, 0) is 51.4 Å². The maximum Gasteiger partial charge on any atom is 0.308 e. The summed E-state index contributed by atoms with van der Waals surface area (Å²) in [6.07, 6.45) is 3.15. The minimum absolute atomic E-state index is 0.00367. The summed E-state index contributed by atoms with van der Waals surface area (Å²) in [7, 11) is 1.31. The monoisotopic (exact) mass is 507 g/mol. The average Bonchev–Trinajstić information content (AvgIpc) is 2.75. The third-order valence-electron chi connectivity index (χ3n) is 6.31. The van der Waals surface area contributed by atoms with E-state index >= 15 is 0 Å². The first-order valence-corrected chi connectivity index (χ1v) is 12.3. The second kappa shape index (κ2) is 13.3. The van der Waals surface area contributed by atoms with Crippen LogP contribution in [-0.2, 0) is 28.7 Å². The van der Waals surface area contributed by atoms with Gasteiger partial charge in [0, 0.05) is 28.8 Å². The van der Waals surface area contributed by atoms with E-state index in [-0.39, 0.29) is 54.2 Å². The van der Waals surface area contributed by atoms with Crippen LogP contribution in [0.15, 0.2) is 0 Å². The third kappa shape index (κ3) is 8.94. The summed E-state index contributed by atoms with van der Waals surface area (Å²) in [5, 5.41) is 5.21. The van der Waals surface area contributed by atoms with E-state index in [0.29, 0.717) is 38.5 Å². The number of alkyl halides is 2. The number of halogens is 2. The second-order valence-electron chi connectivity index (χ2n) is 8.95. The number of hydrogen-bond acceptors (Lipinski definition) is 7. The smallest absolute Gasteiger partial charge is 0.308 e. The Labute approximate surface area is 204 Å². The van der Waals surface area contributed by atoms with Crippen LogP contribution >= 0.6 is 23.2 Å². The molecule has 0 heterocycles. The van der Waals surface area contributed by atoms with Crippen molar-refractivity contribution < 1.29 is 28.7 Å². The highest BCUT2D eigenvalue weighted by Crippen LogP contribution is 2.34. The first-order chi connectivity index (χ1) is 15.6. The van der Waals surface area contributed by atoms with E-state index in [1.165, 1.54) is 7.11 Å². The van der Waals surface area contributed by atoms with Gasteiger partial charge in [0.25, 0.3) is 0 Å². The number of esters is 2. The molecule has 2 aliphatic carbocycles. The van der Waals surface area contributed by atoms with Gasteiger partial charge in [0.2, 0.25) is 11.8 Å². The molecule has 2 saturated carbocycles. The number of nitrogens with one attached hydrogen (secondary N) is 2. The predicted octanol–water partition coefficient (Wildman–Crippen LogP) is 1.47. The summed E-state index contributed by atoms with van der Waals surface area (Å²) >= 11 is 12.6. The number of carbonyl (C=O) groups is 4. The molecular formula is C22H35Cl2N3O6. The number of methoxy groups -OCH3 is 1. The van der Waals surface area contributed by atoms with Crippen LogP contribution in [-0.4, -0.2) is 66.9 Å². The highest BCUT2D eigenvalue weighted by Gasteiger charge is 2.36. The standard InChI is InChI=1S/C22H35Cl2N3O6/c1-3-33-20(29)10-18(12-5-15(23)9-16(24)6-12)27-19(28)11-26-21(30)13-4-14(22(31)32-2)8-17(25)7-13/h12-18H,3-11,25H2,1-2H3,(H,26,30)(H,27,28). The number of carbonyl (C=O) groups excluding carboxylic acids is 4. The fourth-order valence-corrected chi connectivity index (χ4v) is 5.77. The van der Waals surface area contributed by atoms with Crippen LogP contribution in [0.2, 0.25) is 0 Å². The molecular weight excluding hydrogens is 473 g/mol. The molecule has 0 bridgehead atoms. The molecule has 6 atom stereocenters. The first-order valence-electron chi connectivity index (χ1n) is 11.5. The quantitative estimate of drug-likeness (QED) is 0.317. The molecule has 2 aliphatic rings. The molecule has 6 unspecified atom stereocenters. The van der Waals surface area contributed by atoms with Crippen molar-refractivity contribution in [2.24, 2.45) is 23.5 Å². The number of rotatable bonds is 9. The Morgan fingerprint density at radius 2 is 1.64 bits per heavy atom. The molecule has 9 nitrogen and oxygen atoms in total. The Kier molecular flexibility index (Phi) is 11.2. The molecule has 0 spiro atoms. The number of hydrogen-bond donors (Lipinski definition) is 3. The largest absolute Gasteiger partial charge is 0.469 e. The van der Waals surface area contributed by atoms with Crippen molar-refractivity contribution in [2.75, 3.05) is 20.3 Å². The van der Waals surface area contributed by atoms with Crippen molar-refractivity contribution in [3.8, 4) is 0 Å². The summed E-state index contributed by atoms with van der Waals surface area (Å²) < 4.78 is 9.83.